The summed E-state index contributed by atoms with van der Waals surface area (Å²) in [7, 11) is 0. The number of ether oxygens (including phenoxy) is 2. The van der Waals surface area contributed by atoms with E-state index in [-0.39, 0.29) is 12.0 Å². The summed E-state index contributed by atoms with van der Waals surface area (Å²) < 4.78 is 11.2. The molecule has 1 aromatic rings. The smallest absolute Gasteiger partial charge is 0.257 e. The molecule has 24 heavy (non-hydrogen) atoms. The Bertz CT molecular complexity index is 580. The van der Waals surface area contributed by atoms with E-state index in [2.05, 4.69) is 11.0 Å². The molecule has 3 rings (SSSR count). The molecule has 130 valence electrons. The molecule has 1 saturated heterocycles. The van der Waals surface area contributed by atoms with E-state index in [1.807, 2.05) is 42.4 Å². The Hall–Kier alpha value is -2.01. The number of nitrogens with zero attached hydrogens (tertiary/aromatic N) is 2. The van der Waals surface area contributed by atoms with Gasteiger partial charge in [-0.25, -0.2) is 0 Å². The van der Waals surface area contributed by atoms with E-state index in [9.17, 15) is 4.79 Å². The van der Waals surface area contributed by atoms with Gasteiger partial charge in [-0.2, -0.15) is 0 Å². The number of amides is 1. The Labute approximate surface area is 143 Å². The van der Waals surface area contributed by atoms with Gasteiger partial charge in [-0.05, 0) is 38.0 Å². The van der Waals surface area contributed by atoms with E-state index in [0.29, 0.717) is 17.9 Å². The highest BCUT2D eigenvalue weighted by Crippen LogP contribution is 2.21. The first-order valence-corrected chi connectivity index (χ1v) is 8.82. The third kappa shape index (κ3) is 4.09. The van der Waals surface area contributed by atoms with Crippen LogP contribution in [0.5, 0.6) is 5.75 Å². The number of piperazine rings is 1. The summed E-state index contributed by atoms with van der Waals surface area (Å²) in [6, 6.07) is 7.50. The van der Waals surface area contributed by atoms with Gasteiger partial charge in [0.15, 0.2) is 0 Å². The lowest BCUT2D eigenvalue weighted by molar-refractivity contribution is 0.0442. The molecule has 0 unspecified atom stereocenters. The Morgan fingerprint density at radius 2 is 2.04 bits per heavy atom. The minimum atomic E-state index is 0.0653. The van der Waals surface area contributed by atoms with Crippen molar-refractivity contribution in [2.24, 2.45) is 0 Å². The summed E-state index contributed by atoms with van der Waals surface area (Å²) in [4.78, 5) is 17.1. The van der Waals surface area contributed by atoms with Gasteiger partial charge < -0.3 is 14.4 Å². The predicted octanol–water partition coefficient (Wildman–Crippen LogP) is 2.54. The molecule has 5 nitrogen and oxygen atoms in total. The molecule has 1 aromatic carbocycles. The number of carbonyl (C=O) groups is 1. The van der Waals surface area contributed by atoms with Gasteiger partial charge in [-0.15, -0.1) is 0 Å². The van der Waals surface area contributed by atoms with Gasteiger partial charge in [0.2, 0.25) is 0 Å². The second-order valence-electron chi connectivity index (χ2n) is 6.23. The Balaban J connectivity index is 1.54. The molecule has 0 aliphatic carbocycles. The fraction of sp³-hybridized carbons (Fsp3) is 0.526. The van der Waals surface area contributed by atoms with E-state index in [1.54, 1.807) is 0 Å². The van der Waals surface area contributed by atoms with Crippen molar-refractivity contribution in [1.82, 2.24) is 9.80 Å². The molecule has 0 bridgehead atoms. The topological polar surface area (TPSA) is 42.0 Å². The second kappa shape index (κ2) is 8.20. The summed E-state index contributed by atoms with van der Waals surface area (Å²) in [6.07, 6.45) is 6.35. The van der Waals surface area contributed by atoms with Gasteiger partial charge in [0.1, 0.15) is 11.9 Å². The van der Waals surface area contributed by atoms with Gasteiger partial charge in [0.25, 0.3) is 5.91 Å². The molecular formula is C19H26N2O3. The van der Waals surface area contributed by atoms with Crippen LogP contribution in [0.4, 0.5) is 0 Å². The number of benzene rings is 1. The summed E-state index contributed by atoms with van der Waals surface area (Å²) in [6.45, 7) is 6.74. The van der Waals surface area contributed by atoms with Crippen LogP contribution < -0.4 is 4.74 Å². The van der Waals surface area contributed by atoms with Gasteiger partial charge in [0, 0.05) is 32.7 Å². The summed E-state index contributed by atoms with van der Waals surface area (Å²) in [5.74, 6) is 0.741. The number of allylic oxidation sites excluding steroid dienone is 1. The molecule has 2 heterocycles. The fourth-order valence-electron chi connectivity index (χ4n) is 3.24. The van der Waals surface area contributed by atoms with Crippen molar-refractivity contribution in [2.45, 2.75) is 25.9 Å². The van der Waals surface area contributed by atoms with Crippen molar-refractivity contribution in [3.05, 3.63) is 42.2 Å². The van der Waals surface area contributed by atoms with E-state index >= 15 is 0 Å². The van der Waals surface area contributed by atoms with Crippen molar-refractivity contribution in [3.63, 3.8) is 0 Å². The van der Waals surface area contributed by atoms with Crippen LogP contribution >= 0.6 is 0 Å². The third-order valence-electron chi connectivity index (χ3n) is 4.56. The molecule has 0 spiro atoms. The lowest BCUT2D eigenvalue weighted by Gasteiger charge is -2.36. The maximum absolute atomic E-state index is 12.8. The largest absolute Gasteiger partial charge is 0.497 e. The Morgan fingerprint density at radius 1 is 1.25 bits per heavy atom. The second-order valence-corrected chi connectivity index (χ2v) is 6.23. The molecule has 0 N–H and O–H groups in total. The average molecular weight is 330 g/mol. The van der Waals surface area contributed by atoms with Crippen LogP contribution in [0, 0.1) is 0 Å². The van der Waals surface area contributed by atoms with Crippen LogP contribution in [0.15, 0.2) is 36.6 Å². The summed E-state index contributed by atoms with van der Waals surface area (Å²) in [5.41, 5.74) is 0.661. The van der Waals surface area contributed by atoms with Crippen molar-refractivity contribution >= 4 is 5.91 Å². The van der Waals surface area contributed by atoms with Gasteiger partial charge >= 0.3 is 0 Å². The van der Waals surface area contributed by atoms with Gasteiger partial charge in [-0.1, -0.05) is 12.1 Å². The van der Waals surface area contributed by atoms with Gasteiger partial charge in [0.05, 0.1) is 18.4 Å². The first-order chi connectivity index (χ1) is 11.8. The van der Waals surface area contributed by atoms with Crippen molar-refractivity contribution in [1.29, 1.82) is 0 Å². The molecule has 0 radical (unpaired) electrons. The van der Waals surface area contributed by atoms with Crippen molar-refractivity contribution in [3.8, 4) is 5.75 Å². The summed E-state index contributed by atoms with van der Waals surface area (Å²) >= 11 is 0. The number of para-hydroxylation sites is 1. The van der Waals surface area contributed by atoms with Crippen LogP contribution in [-0.4, -0.2) is 61.1 Å². The van der Waals surface area contributed by atoms with E-state index in [0.717, 1.165) is 45.6 Å². The fourth-order valence-corrected chi connectivity index (χ4v) is 3.24. The highest BCUT2D eigenvalue weighted by atomic mass is 16.5. The van der Waals surface area contributed by atoms with Crippen LogP contribution in [0.1, 0.15) is 30.1 Å². The van der Waals surface area contributed by atoms with E-state index in [4.69, 9.17) is 9.47 Å². The molecule has 5 heteroatoms. The molecule has 1 amide bonds. The van der Waals surface area contributed by atoms with Crippen LogP contribution in [-0.2, 0) is 4.74 Å². The number of carbonyl (C=O) groups excluding carboxylic acids is 1. The zero-order valence-electron chi connectivity index (χ0n) is 14.3. The maximum atomic E-state index is 12.8. The van der Waals surface area contributed by atoms with Crippen LogP contribution in [0.25, 0.3) is 0 Å². The quantitative estimate of drug-likeness (QED) is 0.832. The molecular weight excluding hydrogens is 304 g/mol. The van der Waals surface area contributed by atoms with Crippen molar-refractivity contribution < 1.29 is 14.3 Å². The average Bonchev–Trinajstić information content (AvgIpc) is 2.63. The number of rotatable bonds is 5. The first-order valence-electron chi connectivity index (χ1n) is 8.82. The van der Waals surface area contributed by atoms with Crippen LogP contribution in [0.2, 0.25) is 0 Å². The maximum Gasteiger partial charge on any atom is 0.257 e. The molecule has 2 aliphatic rings. The Kier molecular flexibility index (Phi) is 5.75. The van der Waals surface area contributed by atoms with Gasteiger partial charge in [-0.3, -0.25) is 9.69 Å². The zero-order chi connectivity index (χ0) is 16.8. The van der Waals surface area contributed by atoms with Crippen molar-refractivity contribution in [2.75, 3.05) is 39.3 Å². The highest BCUT2D eigenvalue weighted by molar-refractivity contribution is 5.97. The summed E-state index contributed by atoms with van der Waals surface area (Å²) in [5, 5.41) is 0. The monoisotopic (exact) mass is 330 g/mol. The minimum absolute atomic E-state index is 0.0653. The van der Waals surface area contributed by atoms with Crippen LogP contribution in [0.3, 0.4) is 0 Å². The number of hydrogen-bond acceptors (Lipinski definition) is 4. The SMILES string of the molecule is CCOc1ccccc1C(=O)N1CCN(C[C@H]2CCC=CO2)CC1. The highest BCUT2D eigenvalue weighted by Gasteiger charge is 2.25. The lowest BCUT2D eigenvalue weighted by Crippen LogP contribution is -2.50. The molecule has 0 saturated carbocycles. The standard InChI is InChI=1S/C19H26N2O3/c1-2-23-18-9-4-3-8-17(18)19(22)21-12-10-20(11-13-21)15-16-7-5-6-14-24-16/h3-4,6,8-9,14,16H,2,5,7,10-13,15H2,1H3/t16-/m1/s1. The normalized spacial score (nSPS) is 21.4. The molecule has 1 fully saturated rings. The molecule has 1 atom stereocenters. The molecule has 2 aliphatic heterocycles. The Morgan fingerprint density at radius 3 is 2.75 bits per heavy atom. The lowest BCUT2D eigenvalue weighted by atomic mass is 10.1. The third-order valence-corrected chi connectivity index (χ3v) is 4.56. The number of hydrogen-bond donors (Lipinski definition) is 0. The van der Waals surface area contributed by atoms with E-state index in [1.165, 1.54) is 0 Å². The molecule has 0 aromatic heterocycles. The minimum Gasteiger partial charge on any atom is -0.497 e. The van der Waals surface area contributed by atoms with E-state index < -0.39 is 0 Å². The first kappa shape index (κ1) is 16.8. The zero-order valence-corrected chi connectivity index (χ0v) is 14.3. The predicted molar refractivity (Wildman–Crippen MR) is 93.2 cm³/mol.